The maximum Gasteiger partial charge on any atom is 0.163 e. The Labute approximate surface area is 93.8 Å². The Balaban J connectivity index is 0.000000511. The van der Waals surface area contributed by atoms with E-state index in [4.69, 9.17) is 15.6 Å². The van der Waals surface area contributed by atoms with Crippen LogP contribution in [0, 0.1) is 0 Å². The monoisotopic (exact) mass is 224 g/mol. The molecule has 0 bridgehead atoms. The Bertz CT molecular complexity index is 377. The fourth-order valence-electron chi connectivity index (χ4n) is 1.65. The molecule has 1 aromatic carbocycles. The second-order valence-electron chi connectivity index (χ2n) is 3.29. The van der Waals surface area contributed by atoms with Crippen LogP contribution in [0.4, 0.5) is 5.69 Å². The van der Waals surface area contributed by atoms with Gasteiger partial charge in [-0.15, -0.1) is 0 Å². The summed E-state index contributed by atoms with van der Waals surface area (Å²) in [5.74, 6) is 0.239. The second kappa shape index (κ2) is 6.58. The van der Waals surface area contributed by atoms with E-state index in [1.807, 2.05) is 12.1 Å². The van der Waals surface area contributed by atoms with Crippen LogP contribution in [-0.4, -0.2) is 12.3 Å². The number of benzene rings is 1. The molecule has 2 rings (SSSR count). The molecule has 0 aliphatic heterocycles. The maximum atomic E-state index is 11.4. The van der Waals surface area contributed by atoms with Gasteiger partial charge >= 0.3 is 0 Å². The Kier molecular flexibility index (Phi) is 5.80. The quantitative estimate of drug-likeness (QED) is 0.493. The largest absolute Gasteiger partial charge is 0.554 e. The summed E-state index contributed by atoms with van der Waals surface area (Å²) in [5.41, 5.74) is 8.26. The summed E-state index contributed by atoms with van der Waals surface area (Å²) in [7, 11) is 0. The van der Waals surface area contributed by atoms with E-state index in [1.165, 1.54) is 0 Å². The van der Waals surface area contributed by atoms with Gasteiger partial charge in [-0.3, -0.25) is 4.79 Å². The fraction of sp³-hybridized carbons (Fsp3) is 0.273. The van der Waals surface area contributed by atoms with E-state index in [0.717, 1.165) is 24.0 Å². The molecule has 5 nitrogen and oxygen atoms in total. The van der Waals surface area contributed by atoms with Gasteiger partial charge in [-0.1, -0.05) is 6.07 Å². The molecule has 6 N–H and O–H groups in total. The second-order valence-corrected chi connectivity index (χ2v) is 3.29. The number of fused-ring (bicyclic) bond motifs is 1. The number of hydrogen-bond acceptors (Lipinski definition) is 4. The molecule has 88 valence electrons. The van der Waals surface area contributed by atoms with Gasteiger partial charge in [0.1, 0.15) is 0 Å². The van der Waals surface area contributed by atoms with E-state index >= 15 is 0 Å². The molecule has 1 aromatic rings. The molecule has 0 unspecified atom stereocenters. The first kappa shape index (κ1) is 14.1. The van der Waals surface area contributed by atoms with Crippen LogP contribution in [0.5, 0.6) is 0 Å². The zero-order valence-electron chi connectivity index (χ0n) is 9.23. The summed E-state index contributed by atoms with van der Waals surface area (Å²) < 4.78 is 0. The van der Waals surface area contributed by atoms with E-state index in [9.17, 15) is 4.79 Å². The molecule has 0 heterocycles. The van der Waals surface area contributed by atoms with E-state index in [-0.39, 0.29) is 11.9 Å². The van der Waals surface area contributed by atoms with Crippen molar-refractivity contribution in [3.63, 3.8) is 0 Å². The highest BCUT2D eigenvalue weighted by molar-refractivity contribution is 5.99. The SMILES string of the molecule is Nc1ccc2c(c1)C(=O)CCC2.O=C[O-].[NH4+]. The summed E-state index contributed by atoms with van der Waals surface area (Å²) in [5, 5.41) is 8.25. The number of rotatable bonds is 0. The third kappa shape index (κ3) is 3.36. The Morgan fingerprint density at radius 1 is 1.31 bits per heavy atom. The fourth-order valence-corrected chi connectivity index (χ4v) is 1.65. The molecular formula is C11H16N2O3. The van der Waals surface area contributed by atoms with Crippen molar-refractivity contribution in [2.75, 3.05) is 5.73 Å². The topological polar surface area (TPSA) is 120 Å². The molecule has 0 saturated heterocycles. The van der Waals surface area contributed by atoms with Crippen LogP contribution in [0.3, 0.4) is 0 Å². The normalized spacial score (nSPS) is 12.6. The van der Waals surface area contributed by atoms with Gasteiger partial charge in [-0.25, -0.2) is 0 Å². The summed E-state index contributed by atoms with van der Waals surface area (Å²) in [6, 6.07) is 5.61. The third-order valence-corrected chi connectivity index (χ3v) is 2.28. The Morgan fingerprint density at radius 2 is 1.94 bits per heavy atom. The van der Waals surface area contributed by atoms with Crippen molar-refractivity contribution >= 4 is 17.9 Å². The molecule has 0 atom stereocenters. The summed E-state index contributed by atoms with van der Waals surface area (Å²) >= 11 is 0. The van der Waals surface area contributed by atoms with Gasteiger partial charge < -0.3 is 21.8 Å². The Morgan fingerprint density at radius 3 is 2.56 bits per heavy atom. The van der Waals surface area contributed by atoms with Gasteiger partial charge in [-0.05, 0) is 30.5 Å². The molecule has 5 heteroatoms. The number of Topliss-reactive ketones (excluding diaryl/α,β-unsaturated/α-hetero) is 1. The van der Waals surface area contributed by atoms with Crippen LogP contribution >= 0.6 is 0 Å². The molecule has 0 spiro atoms. The van der Waals surface area contributed by atoms with Crippen molar-refractivity contribution < 1.29 is 14.7 Å². The summed E-state index contributed by atoms with van der Waals surface area (Å²) in [6.07, 6.45) is 2.67. The molecule has 0 saturated carbocycles. The van der Waals surface area contributed by atoms with Crippen LogP contribution in [0.15, 0.2) is 18.2 Å². The number of anilines is 1. The highest BCUT2D eigenvalue weighted by Gasteiger charge is 2.16. The van der Waals surface area contributed by atoms with Crippen LogP contribution in [-0.2, 0) is 11.2 Å². The van der Waals surface area contributed by atoms with Gasteiger partial charge in [0, 0.05) is 24.1 Å². The number of hydrogen-bond donors (Lipinski definition) is 2. The van der Waals surface area contributed by atoms with Crippen LogP contribution in [0.2, 0.25) is 0 Å². The lowest BCUT2D eigenvalue weighted by Crippen LogP contribution is -2.10. The number of ketones is 1. The smallest absolute Gasteiger partial charge is 0.163 e. The molecule has 0 fully saturated rings. The lowest BCUT2D eigenvalue weighted by molar-refractivity contribution is -0.283. The molecule has 1 aliphatic carbocycles. The summed E-state index contributed by atoms with van der Waals surface area (Å²) in [6.45, 7) is -0.500. The molecule has 0 radical (unpaired) electrons. The molecular weight excluding hydrogens is 208 g/mol. The number of nitrogens with two attached hydrogens (primary N) is 1. The van der Waals surface area contributed by atoms with E-state index in [0.29, 0.717) is 12.1 Å². The standard InChI is InChI=1S/C10H11NO.CH2O2.H3N/c11-8-5-4-7-2-1-3-10(12)9(7)6-8;2-1-3;/h4-6H,1-3,11H2;1H,(H,2,3);1H3. The molecule has 0 aromatic heterocycles. The van der Waals surface area contributed by atoms with Gasteiger partial charge in [-0.2, -0.15) is 0 Å². The minimum atomic E-state index is -0.500. The zero-order chi connectivity index (χ0) is 11.3. The first-order chi connectivity index (χ1) is 7.19. The number of nitrogen functional groups attached to an aromatic ring is 1. The number of aryl methyl sites for hydroxylation is 1. The van der Waals surface area contributed by atoms with E-state index in [2.05, 4.69) is 0 Å². The van der Waals surface area contributed by atoms with Gasteiger partial charge in [0.15, 0.2) is 5.78 Å². The zero-order valence-corrected chi connectivity index (χ0v) is 9.23. The average molecular weight is 224 g/mol. The number of carbonyl (C=O) groups is 2. The first-order valence-corrected chi connectivity index (χ1v) is 4.66. The third-order valence-electron chi connectivity index (χ3n) is 2.28. The number of carbonyl (C=O) groups excluding carboxylic acids is 2. The maximum absolute atomic E-state index is 11.4. The van der Waals surface area contributed by atoms with Crippen molar-refractivity contribution in [2.24, 2.45) is 0 Å². The average Bonchev–Trinajstić information content (AvgIpc) is 2.21. The predicted molar refractivity (Wildman–Crippen MR) is 60.2 cm³/mol. The minimum Gasteiger partial charge on any atom is -0.554 e. The molecule has 0 amide bonds. The van der Waals surface area contributed by atoms with Crippen molar-refractivity contribution in [1.29, 1.82) is 0 Å². The van der Waals surface area contributed by atoms with Gasteiger partial charge in [0.2, 0.25) is 0 Å². The molecule has 16 heavy (non-hydrogen) atoms. The molecule has 1 aliphatic rings. The van der Waals surface area contributed by atoms with Gasteiger partial charge in [0.25, 0.3) is 0 Å². The lowest BCUT2D eigenvalue weighted by Gasteiger charge is -2.14. The van der Waals surface area contributed by atoms with E-state index in [1.54, 1.807) is 6.07 Å². The number of quaternary nitrogens is 1. The van der Waals surface area contributed by atoms with Crippen molar-refractivity contribution in [3.05, 3.63) is 29.3 Å². The highest BCUT2D eigenvalue weighted by atomic mass is 16.3. The first-order valence-electron chi connectivity index (χ1n) is 4.66. The van der Waals surface area contributed by atoms with Crippen LogP contribution in [0.1, 0.15) is 28.8 Å². The van der Waals surface area contributed by atoms with Crippen molar-refractivity contribution in [2.45, 2.75) is 19.3 Å². The van der Waals surface area contributed by atoms with Crippen molar-refractivity contribution in [1.82, 2.24) is 6.15 Å². The summed E-state index contributed by atoms with van der Waals surface area (Å²) in [4.78, 5) is 19.6. The number of carboxylic acid groups (broad SMARTS) is 1. The predicted octanol–water partition coefficient (Wildman–Crippen LogP) is 0.530. The van der Waals surface area contributed by atoms with Crippen LogP contribution < -0.4 is 17.0 Å². The minimum absolute atomic E-state index is 0. The Hall–Kier alpha value is -1.88. The van der Waals surface area contributed by atoms with Crippen LogP contribution in [0.25, 0.3) is 0 Å². The van der Waals surface area contributed by atoms with E-state index < -0.39 is 6.47 Å². The van der Waals surface area contributed by atoms with Crippen molar-refractivity contribution in [3.8, 4) is 0 Å². The lowest BCUT2D eigenvalue weighted by atomic mass is 9.90. The highest BCUT2D eigenvalue weighted by Crippen LogP contribution is 2.22. The van der Waals surface area contributed by atoms with Gasteiger partial charge in [0.05, 0.1) is 0 Å².